The number of nitrogens with zero attached hydrogens (tertiary/aromatic N) is 3. The van der Waals surface area contributed by atoms with Crippen LogP contribution in [0.1, 0.15) is 28.5 Å². The van der Waals surface area contributed by atoms with E-state index in [4.69, 9.17) is 21.1 Å². The van der Waals surface area contributed by atoms with E-state index < -0.39 is 30.6 Å². The number of halogens is 1. The van der Waals surface area contributed by atoms with E-state index in [0.29, 0.717) is 16.6 Å². The first kappa shape index (κ1) is 16.6. The van der Waals surface area contributed by atoms with E-state index in [1.54, 1.807) is 10.8 Å². The number of thiophene rings is 1. The van der Waals surface area contributed by atoms with Gasteiger partial charge in [0.15, 0.2) is 6.23 Å². The van der Waals surface area contributed by atoms with Gasteiger partial charge in [0.25, 0.3) is 0 Å². The molecule has 0 radical (unpaired) electrons. The fourth-order valence-corrected chi connectivity index (χ4v) is 5.00. The molecule has 0 bridgehead atoms. The first-order chi connectivity index (χ1) is 12.5. The molecule has 0 aliphatic carbocycles. The summed E-state index contributed by atoms with van der Waals surface area (Å²) in [5.74, 6) is 0. The van der Waals surface area contributed by atoms with Gasteiger partial charge in [-0.2, -0.15) is 0 Å². The van der Waals surface area contributed by atoms with Crippen molar-refractivity contribution in [1.82, 2.24) is 14.5 Å². The number of aryl methyl sites for hydroxylation is 1. The van der Waals surface area contributed by atoms with Gasteiger partial charge < -0.3 is 24.3 Å². The molecule has 0 spiro atoms. The third kappa shape index (κ3) is 2.34. The molecule has 0 amide bonds. The summed E-state index contributed by atoms with van der Waals surface area (Å²) in [5.41, 5.74) is 2.42. The molecule has 0 aromatic carbocycles. The molecule has 2 aliphatic rings. The average Bonchev–Trinajstić information content (AvgIpc) is 3.34. The SMILES string of the molecule is Cc1ncnc2c1ccn2[C@@H]1O[C@H]([C@@H]2OCc3sc(Cl)cc32)[C@@H](O)[C@H]1O. The molecule has 7 nitrogen and oxygen atoms in total. The van der Waals surface area contributed by atoms with E-state index in [9.17, 15) is 10.2 Å². The Morgan fingerprint density at radius 2 is 2.15 bits per heavy atom. The Bertz CT molecular complexity index is 990. The summed E-state index contributed by atoms with van der Waals surface area (Å²) in [7, 11) is 0. The van der Waals surface area contributed by atoms with Crippen LogP contribution in [0.2, 0.25) is 4.34 Å². The Hall–Kier alpha value is -1.55. The molecule has 5 atom stereocenters. The number of fused-ring (bicyclic) bond motifs is 2. The number of aliphatic hydroxyl groups excluding tert-OH is 2. The second-order valence-corrected chi connectivity index (χ2v) is 8.32. The van der Waals surface area contributed by atoms with Gasteiger partial charge in [-0.15, -0.1) is 11.3 Å². The minimum atomic E-state index is -1.10. The molecular formula is C17H16ClN3O4S. The lowest BCUT2D eigenvalue weighted by atomic mass is 10.0. The van der Waals surface area contributed by atoms with Crippen LogP contribution in [0.3, 0.4) is 0 Å². The molecular weight excluding hydrogens is 378 g/mol. The first-order valence-electron chi connectivity index (χ1n) is 8.24. The van der Waals surface area contributed by atoms with Crippen LogP contribution in [0.15, 0.2) is 24.7 Å². The lowest BCUT2D eigenvalue weighted by Crippen LogP contribution is -2.34. The Morgan fingerprint density at radius 3 is 3.00 bits per heavy atom. The largest absolute Gasteiger partial charge is 0.387 e. The number of ether oxygens (including phenoxy) is 2. The summed E-state index contributed by atoms with van der Waals surface area (Å²) in [6.07, 6.45) is -0.837. The molecule has 136 valence electrons. The first-order valence-corrected chi connectivity index (χ1v) is 9.43. The quantitative estimate of drug-likeness (QED) is 0.694. The van der Waals surface area contributed by atoms with E-state index in [1.807, 2.05) is 19.1 Å². The summed E-state index contributed by atoms with van der Waals surface area (Å²) in [4.78, 5) is 9.51. The van der Waals surface area contributed by atoms with Crippen molar-refractivity contribution >= 4 is 34.0 Å². The summed E-state index contributed by atoms with van der Waals surface area (Å²) in [6.45, 7) is 2.33. The lowest BCUT2D eigenvalue weighted by molar-refractivity contribution is -0.104. The van der Waals surface area contributed by atoms with Gasteiger partial charge in [-0.1, -0.05) is 11.6 Å². The van der Waals surface area contributed by atoms with Crippen molar-refractivity contribution in [1.29, 1.82) is 0 Å². The molecule has 5 heterocycles. The molecule has 2 aliphatic heterocycles. The summed E-state index contributed by atoms with van der Waals surface area (Å²) in [5, 5.41) is 22.1. The zero-order chi connectivity index (χ0) is 18.0. The van der Waals surface area contributed by atoms with Gasteiger partial charge in [0.1, 0.15) is 36.4 Å². The standard InChI is InChI=1S/C17H16ClN3O4S/c1-7-8-2-3-21(16(8)20-6-19-7)17-13(23)12(22)15(25-17)14-9-4-11(18)26-10(9)5-24-14/h2-4,6,12-15,17,22-23H,5H2,1H3/t12-,13+,14+,15-,17+/m0/s1. The maximum Gasteiger partial charge on any atom is 0.164 e. The number of hydrogen-bond acceptors (Lipinski definition) is 7. The Morgan fingerprint density at radius 1 is 1.31 bits per heavy atom. The minimum Gasteiger partial charge on any atom is -0.387 e. The monoisotopic (exact) mass is 393 g/mol. The molecule has 0 saturated carbocycles. The van der Waals surface area contributed by atoms with E-state index in [-0.39, 0.29) is 0 Å². The Kier molecular flexibility index (Phi) is 3.82. The van der Waals surface area contributed by atoms with Crippen molar-refractivity contribution in [2.75, 3.05) is 0 Å². The highest BCUT2D eigenvalue weighted by molar-refractivity contribution is 7.16. The molecule has 0 unspecified atom stereocenters. The van der Waals surface area contributed by atoms with Crippen LogP contribution in [-0.4, -0.2) is 43.1 Å². The van der Waals surface area contributed by atoms with Crippen LogP contribution in [0, 0.1) is 6.92 Å². The van der Waals surface area contributed by atoms with Gasteiger partial charge in [0.2, 0.25) is 0 Å². The van der Waals surface area contributed by atoms with Gasteiger partial charge in [-0.3, -0.25) is 0 Å². The molecule has 3 aromatic heterocycles. The second kappa shape index (κ2) is 5.98. The van der Waals surface area contributed by atoms with Crippen molar-refractivity contribution in [3.63, 3.8) is 0 Å². The molecule has 26 heavy (non-hydrogen) atoms. The minimum absolute atomic E-state index is 0.434. The fraction of sp³-hybridized carbons (Fsp3) is 0.412. The van der Waals surface area contributed by atoms with Crippen molar-refractivity contribution in [3.8, 4) is 0 Å². The number of rotatable bonds is 2. The Labute approximate surface area is 157 Å². The molecule has 1 fully saturated rings. The highest BCUT2D eigenvalue weighted by atomic mass is 35.5. The smallest absolute Gasteiger partial charge is 0.164 e. The number of aromatic nitrogens is 3. The third-order valence-corrected chi connectivity index (χ3v) is 6.32. The van der Waals surface area contributed by atoms with Crippen LogP contribution in [0.5, 0.6) is 0 Å². The highest BCUT2D eigenvalue weighted by Crippen LogP contribution is 2.46. The predicted molar refractivity (Wildman–Crippen MR) is 95.0 cm³/mol. The zero-order valence-electron chi connectivity index (χ0n) is 13.7. The predicted octanol–water partition coefficient (Wildman–Crippen LogP) is 2.35. The van der Waals surface area contributed by atoms with E-state index >= 15 is 0 Å². The van der Waals surface area contributed by atoms with Crippen molar-refractivity contribution in [3.05, 3.63) is 45.1 Å². The molecule has 2 N–H and O–H groups in total. The van der Waals surface area contributed by atoms with Gasteiger partial charge in [0, 0.05) is 22.0 Å². The van der Waals surface area contributed by atoms with Gasteiger partial charge in [-0.25, -0.2) is 9.97 Å². The topological polar surface area (TPSA) is 89.6 Å². The molecule has 1 saturated heterocycles. The molecule has 3 aromatic rings. The summed E-state index contributed by atoms with van der Waals surface area (Å²) < 4.78 is 14.3. The highest BCUT2D eigenvalue weighted by Gasteiger charge is 2.50. The van der Waals surface area contributed by atoms with E-state index in [1.165, 1.54) is 17.7 Å². The zero-order valence-corrected chi connectivity index (χ0v) is 15.3. The number of hydrogen-bond donors (Lipinski definition) is 2. The van der Waals surface area contributed by atoms with Crippen molar-refractivity contribution in [2.24, 2.45) is 0 Å². The van der Waals surface area contributed by atoms with Gasteiger partial charge in [-0.05, 0) is 19.1 Å². The molecule has 9 heteroatoms. The number of aliphatic hydroxyl groups is 2. The average molecular weight is 394 g/mol. The Balaban J connectivity index is 1.50. The van der Waals surface area contributed by atoms with Crippen LogP contribution in [0.25, 0.3) is 11.0 Å². The van der Waals surface area contributed by atoms with E-state index in [0.717, 1.165) is 21.5 Å². The van der Waals surface area contributed by atoms with Crippen LogP contribution in [0.4, 0.5) is 0 Å². The fourth-order valence-electron chi connectivity index (χ4n) is 3.76. The van der Waals surface area contributed by atoms with Gasteiger partial charge >= 0.3 is 0 Å². The summed E-state index contributed by atoms with van der Waals surface area (Å²) in [6, 6.07) is 3.72. The normalized spacial score (nSPS) is 31.0. The van der Waals surface area contributed by atoms with E-state index in [2.05, 4.69) is 9.97 Å². The van der Waals surface area contributed by atoms with Crippen molar-refractivity contribution < 1.29 is 19.7 Å². The van der Waals surface area contributed by atoms with Crippen LogP contribution in [-0.2, 0) is 16.1 Å². The maximum atomic E-state index is 10.6. The van der Waals surface area contributed by atoms with Crippen LogP contribution < -0.4 is 0 Å². The maximum absolute atomic E-state index is 10.6. The van der Waals surface area contributed by atoms with Crippen LogP contribution >= 0.6 is 22.9 Å². The van der Waals surface area contributed by atoms with Gasteiger partial charge in [0.05, 0.1) is 16.6 Å². The van der Waals surface area contributed by atoms with Crippen molar-refractivity contribution in [2.45, 2.75) is 44.2 Å². The lowest BCUT2D eigenvalue weighted by Gasteiger charge is -2.21. The molecule has 5 rings (SSSR count). The third-order valence-electron chi connectivity index (χ3n) is 5.07. The summed E-state index contributed by atoms with van der Waals surface area (Å²) >= 11 is 7.56. The second-order valence-electron chi connectivity index (χ2n) is 6.55.